The Balaban J connectivity index is 2.16. The third-order valence-corrected chi connectivity index (χ3v) is 2.81. The number of rotatable bonds is 4. The van der Waals surface area contributed by atoms with Gasteiger partial charge in [-0.2, -0.15) is 0 Å². The summed E-state index contributed by atoms with van der Waals surface area (Å²) in [4.78, 5) is 3.98. The first-order valence-corrected chi connectivity index (χ1v) is 5.71. The lowest BCUT2D eigenvalue weighted by Gasteiger charge is -2.13. The number of aromatic nitrogens is 1. The van der Waals surface area contributed by atoms with Gasteiger partial charge in [-0.3, -0.25) is 4.98 Å². The molecule has 0 saturated heterocycles. The average molecular weight is 244 g/mol. The topological polar surface area (TPSA) is 68.4 Å². The molecule has 0 spiro atoms. The number of nitrogen functional groups attached to an aromatic ring is 1. The molecule has 0 bridgehead atoms. The number of hydrogen-bond donors (Lipinski definition) is 2. The maximum absolute atomic E-state index is 10.2. The molecule has 2 rings (SSSR count). The molecule has 3 N–H and O–H groups in total. The highest BCUT2D eigenvalue weighted by molar-refractivity contribution is 5.46. The first-order chi connectivity index (χ1) is 8.70. The summed E-state index contributed by atoms with van der Waals surface area (Å²) in [6.07, 6.45) is 3.02. The van der Waals surface area contributed by atoms with Crippen LogP contribution in [0.15, 0.2) is 42.7 Å². The highest BCUT2D eigenvalue weighted by atomic mass is 16.5. The van der Waals surface area contributed by atoms with E-state index in [0.717, 1.165) is 11.3 Å². The Morgan fingerprint density at radius 3 is 2.94 bits per heavy atom. The molecule has 4 nitrogen and oxygen atoms in total. The summed E-state index contributed by atoms with van der Waals surface area (Å²) in [5, 5.41) is 10.2. The van der Waals surface area contributed by atoms with Gasteiger partial charge in [-0.1, -0.05) is 12.1 Å². The number of methoxy groups -OCH3 is 1. The minimum Gasteiger partial charge on any atom is -0.497 e. The molecular weight excluding hydrogens is 228 g/mol. The molecule has 0 radical (unpaired) electrons. The predicted molar refractivity (Wildman–Crippen MR) is 70.3 cm³/mol. The molecule has 94 valence electrons. The van der Waals surface area contributed by atoms with Crippen LogP contribution in [0.4, 0.5) is 5.69 Å². The normalized spacial score (nSPS) is 12.1. The Morgan fingerprint density at radius 1 is 1.39 bits per heavy atom. The predicted octanol–water partition coefficient (Wildman–Crippen LogP) is 1.95. The van der Waals surface area contributed by atoms with Crippen LogP contribution in [0.25, 0.3) is 0 Å². The summed E-state index contributed by atoms with van der Waals surface area (Å²) in [6.45, 7) is 0. The van der Waals surface area contributed by atoms with Crippen molar-refractivity contribution in [3.63, 3.8) is 0 Å². The number of nitrogens with two attached hydrogens (primary N) is 1. The fraction of sp³-hybridized carbons (Fsp3) is 0.214. The van der Waals surface area contributed by atoms with E-state index >= 15 is 0 Å². The highest BCUT2D eigenvalue weighted by Gasteiger charge is 2.12. The van der Waals surface area contributed by atoms with E-state index in [1.165, 1.54) is 0 Å². The summed E-state index contributed by atoms with van der Waals surface area (Å²) in [5.41, 5.74) is 8.01. The summed E-state index contributed by atoms with van der Waals surface area (Å²) in [5.74, 6) is 0.777. The van der Waals surface area contributed by atoms with E-state index in [2.05, 4.69) is 4.98 Å². The van der Waals surface area contributed by atoms with E-state index in [4.69, 9.17) is 10.5 Å². The Morgan fingerprint density at radius 2 is 2.22 bits per heavy atom. The molecule has 1 aromatic heterocycles. The van der Waals surface area contributed by atoms with E-state index in [9.17, 15) is 5.11 Å². The van der Waals surface area contributed by atoms with Gasteiger partial charge in [0.25, 0.3) is 0 Å². The van der Waals surface area contributed by atoms with E-state index in [1.807, 2.05) is 24.3 Å². The molecule has 1 unspecified atom stereocenters. The molecule has 0 aliphatic heterocycles. The Bertz CT molecular complexity index is 529. The van der Waals surface area contributed by atoms with Crippen molar-refractivity contribution in [2.45, 2.75) is 12.5 Å². The zero-order valence-corrected chi connectivity index (χ0v) is 10.2. The van der Waals surface area contributed by atoms with Crippen LogP contribution in [-0.2, 0) is 6.42 Å². The number of pyridine rings is 1. The van der Waals surface area contributed by atoms with Crippen LogP contribution < -0.4 is 10.5 Å². The van der Waals surface area contributed by atoms with Crippen LogP contribution in [0, 0.1) is 0 Å². The lowest BCUT2D eigenvalue weighted by atomic mass is 10.0. The van der Waals surface area contributed by atoms with Gasteiger partial charge in [0.05, 0.1) is 13.2 Å². The smallest absolute Gasteiger partial charge is 0.119 e. The molecule has 0 fully saturated rings. The second-order valence-corrected chi connectivity index (χ2v) is 4.08. The van der Waals surface area contributed by atoms with Crippen LogP contribution in [0.5, 0.6) is 5.75 Å². The van der Waals surface area contributed by atoms with Crippen LogP contribution in [0.3, 0.4) is 0 Å². The van der Waals surface area contributed by atoms with Gasteiger partial charge in [0.1, 0.15) is 5.75 Å². The molecule has 1 heterocycles. The summed E-state index contributed by atoms with van der Waals surface area (Å²) in [7, 11) is 1.62. The fourth-order valence-electron chi connectivity index (χ4n) is 1.83. The van der Waals surface area contributed by atoms with Crippen molar-refractivity contribution in [3.8, 4) is 5.75 Å². The molecule has 0 aliphatic carbocycles. The van der Waals surface area contributed by atoms with Gasteiger partial charge in [0, 0.05) is 30.1 Å². The van der Waals surface area contributed by atoms with Crippen LogP contribution in [-0.4, -0.2) is 17.2 Å². The number of hydrogen-bond acceptors (Lipinski definition) is 4. The molecule has 18 heavy (non-hydrogen) atoms. The lowest BCUT2D eigenvalue weighted by molar-refractivity contribution is 0.178. The monoisotopic (exact) mass is 244 g/mol. The number of ether oxygens (including phenoxy) is 1. The van der Waals surface area contributed by atoms with Crippen LogP contribution in [0.1, 0.15) is 17.2 Å². The lowest BCUT2D eigenvalue weighted by Crippen LogP contribution is -2.05. The molecule has 2 aromatic rings. The summed E-state index contributed by atoms with van der Waals surface area (Å²) < 4.78 is 5.15. The standard InChI is InChI=1S/C14H16N2O2/c1-18-11-4-2-3-10(7-11)8-14(17)12-9-16-6-5-13(12)15/h2-7,9,14,17H,8H2,1H3,(H2,15,16). The van der Waals surface area contributed by atoms with Crippen molar-refractivity contribution in [2.75, 3.05) is 12.8 Å². The Hall–Kier alpha value is -2.07. The first-order valence-electron chi connectivity index (χ1n) is 5.71. The zero-order chi connectivity index (χ0) is 13.0. The molecule has 1 atom stereocenters. The second-order valence-electron chi connectivity index (χ2n) is 4.08. The Labute approximate surface area is 106 Å². The summed E-state index contributed by atoms with van der Waals surface area (Å²) >= 11 is 0. The molecule has 0 saturated carbocycles. The molecular formula is C14H16N2O2. The number of benzene rings is 1. The molecule has 1 aromatic carbocycles. The van der Waals surface area contributed by atoms with Gasteiger partial charge < -0.3 is 15.6 Å². The van der Waals surface area contributed by atoms with Gasteiger partial charge in [-0.15, -0.1) is 0 Å². The zero-order valence-electron chi connectivity index (χ0n) is 10.2. The van der Waals surface area contributed by atoms with Gasteiger partial charge in [0.2, 0.25) is 0 Å². The molecule has 0 amide bonds. The number of aliphatic hydroxyl groups excluding tert-OH is 1. The van der Waals surface area contributed by atoms with Crippen molar-refractivity contribution >= 4 is 5.69 Å². The molecule has 4 heteroatoms. The van der Waals surface area contributed by atoms with Gasteiger partial charge in [-0.05, 0) is 23.8 Å². The second kappa shape index (κ2) is 5.51. The number of nitrogens with zero attached hydrogens (tertiary/aromatic N) is 1. The quantitative estimate of drug-likeness (QED) is 0.862. The third kappa shape index (κ3) is 2.78. The maximum Gasteiger partial charge on any atom is 0.119 e. The van der Waals surface area contributed by atoms with E-state index in [0.29, 0.717) is 17.7 Å². The minimum atomic E-state index is -0.661. The maximum atomic E-state index is 10.2. The van der Waals surface area contributed by atoms with E-state index in [1.54, 1.807) is 25.6 Å². The highest BCUT2D eigenvalue weighted by Crippen LogP contribution is 2.24. The van der Waals surface area contributed by atoms with Crippen molar-refractivity contribution in [1.82, 2.24) is 4.98 Å². The van der Waals surface area contributed by atoms with Crippen molar-refractivity contribution < 1.29 is 9.84 Å². The van der Waals surface area contributed by atoms with E-state index in [-0.39, 0.29) is 0 Å². The number of anilines is 1. The SMILES string of the molecule is COc1cccc(CC(O)c2cnccc2N)c1. The van der Waals surface area contributed by atoms with Crippen molar-refractivity contribution in [1.29, 1.82) is 0 Å². The largest absolute Gasteiger partial charge is 0.497 e. The fourth-order valence-corrected chi connectivity index (χ4v) is 1.83. The van der Waals surface area contributed by atoms with Crippen molar-refractivity contribution in [3.05, 3.63) is 53.9 Å². The van der Waals surface area contributed by atoms with E-state index < -0.39 is 6.10 Å². The number of aliphatic hydroxyl groups is 1. The van der Waals surface area contributed by atoms with Gasteiger partial charge in [0.15, 0.2) is 0 Å². The minimum absolute atomic E-state index is 0.479. The van der Waals surface area contributed by atoms with Crippen LogP contribution >= 0.6 is 0 Å². The molecule has 0 aliphatic rings. The van der Waals surface area contributed by atoms with Gasteiger partial charge in [-0.25, -0.2) is 0 Å². The third-order valence-electron chi connectivity index (χ3n) is 2.81. The first kappa shape index (κ1) is 12.4. The van der Waals surface area contributed by atoms with Crippen LogP contribution in [0.2, 0.25) is 0 Å². The average Bonchev–Trinajstić information content (AvgIpc) is 2.39. The van der Waals surface area contributed by atoms with Gasteiger partial charge >= 0.3 is 0 Å². The Kier molecular flexibility index (Phi) is 3.79. The van der Waals surface area contributed by atoms with Crippen molar-refractivity contribution in [2.24, 2.45) is 0 Å². The summed E-state index contributed by atoms with van der Waals surface area (Å²) in [6, 6.07) is 9.29.